The van der Waals surface area contributed by atoms with Crippen molar-refractivity contribution in [2.24, 2.45) is 0 Å². The van der Waals surface area contributed by atoms with Gasteiger partial charge in [-0.25, -0.2) is 0 Å². The largest absolute Gasteiger partial charge is 0.493 e. The van der Waals surface area contributed by atoms with Crippen LogP contribution in [0.25, 0.3) is 5.57 Å². The first kappa shape index (κ1) is 12.0. The standard InChI is InChI=1S/C14H19NO2/c1-15-9-7-11(8-10-15)12-5-4-6-13(16-2)14(12)17-3/h4-7H,8-10H2,1-3H3. The van der Waals surface area contributed by atoms with Gasteiger partial charge in [0.15, 0.2) is 11.5 Å². The third kappa shape index (κ3) is 2.44. The molecule has 92 valence electrons. The Morgan fingerprint density at radius 1 is 1.18 bits per heavy atom. The fraction of sp³-hybridized carbons (Fsp3) is 0.429. The third-order valence-electron chi connectivity index (χ3n) is 3.16. The van der Waals surface area contributed by atoms with Gasteiger partial charge in [0.1, 0.15) is 0 Å². The molecule has 0 saturated carbocycles. The first-order valence-corrected chi connectivity index (χ1v) is 5.85. The van der Waals surface area contributed by atoms with E-state index >= 15 is 0 Å². The summed E-state index contributed by atoms with van der Waals surface area (Å²) in [5, 5.41) is 0. The molecule has 0 spiro atoms. The summed E-state index contributed by atoms with van der Waals surface area (Å²) in [5.41, 5.74) is 2.50. The van der Waals surface area contributed by atoms with Gasteiger partial charge in [0.25, 0.3) is 0 Å². The van der Waals surface area contributed by atoms with E-state index in [-0.39, 0.29) is 0 Å². The van der Waals surface area contributed by atoms with Crippen LogP contribution in [0, 0.1) is 0 Å². The van der Waals surface area contributed by atoms with E-state index in [4.69, 9.17) is 9.47 Å². The molecule has 3 heteroatoms. The predicted molar refractivity (Wildman–Crippen MR) is 69.6 cm³/mol. The number of nitrogens with zero attached hydrogens (tertiary/aromatic N) is 1. The highest BCUT2D eigenvalue weighted by molar-refractivity contribution is 5.73. The fourth-order valence-corrected chi connectivity index (χ4v) is 2.16. The van der Waals surface area contributed by atoms with E-state index in [1.54, 1.807) is 14.2 Å². The van der Waals surface area contributed by atoms with Gasteiger partial charge in [-0.15, -0.1) is 0 Å². The maximum atomic E-state index is 5.47. The average molecular weight is 233 g/mol. The van der Waals surface area contributed by atoms with E-state index in [0.29, 0.717) is 0 Å². The Bertz CT molecular complexity index is 426. The Kier molecular flexibility index (Phi) is 3.69. The predicted octanol–water partition coefficient (Wildman–Crippen LogP) is 2.42. The minimum absolute atomic E-state index is 0.796. The van der Waals surface area contributed by atoms with Crippen molar-refractivity contribution in [3.8, 4) is 11.5 Å². The zero-order chi connectivity index (χ0) is 12.3. The number of likely N-dealkylation sites (N-methyl/N-ethyl adjacent to an activating group) is 1. The molecule has 17 heavy (non-hydrogen) atoms. The topological polar surface area (TPSA) is 21.7 Å². The van der Waals surface area contributed by atoms with E-state index in [0.717, 1.165) is 36.6 Å². The molecule has 1 heterocycles. The number of hydrogen-bond donors (Lipinski definition) is 0. The third-order valence-corrected chi connectivity index (χ3v) is 3.16. The first-order chi connectivity index (χ1) is 8.26. The van der Waals surface area contributed by atoms with Gasteiger partial charge in [0.2, 0.25) is 0 Å². The van der Waals surface area contributed by atoms with E-state index < -0.39 is 0 Å². The summed E-state index contributed by atoms with van der Waals surface area (Å²) < 4.78 is 10.8. The maximum absolute atomic E-state index is 5.47. The van der Waals surface area contributed by atoms with Crippen molar-refractivity contribution in [2.45, 2.75) is 6.42 Å². The normalized spacial score (nSPS) is 16.5. The lowest BCUT2D eigenvalue weighted by Crippen LogP contribution is -2.23. The van der Waals surface area contributed by atoms with Crippen molar-refractivity contribution in [3.63, 3.8) is 0 Å². The molecule has 0 bridgehead atoms. The SMILES string of the molecule is COc1cccc(C2=CCN(C)CC2)c1OC. The first-order valence-electron chi connectivity index (χ1n) is 5.85. The number of rotatable bonds is 3. The maximum Gasteiger partial charge on any atom is 0.168 e. The Labute approximate surface area is 103 Å². The molecular formula is C14H19NO2. The minimum atomic E-state index is 0.796. The minimum Gasteiger partial charge on any atom is -0.493 e. The van der Waals surface area contributed by atoms with Gasteiger partial charge < -0.3 is 14.4 Å². The van der Waals surface area contributed by atoms with Crippen LogP contribution in [-0.2, 0) is 0 Å². The van der Waals surface area contributed by atoms with E-state index in [9.17, 15) is 0 Å². The van der Waals surface area contributed by atoms with Crippen molar-refractivity contribution < 1.29 is 9.47 Å². The van der Waals surface area contributed by atoms with Gasteiger partial charge in [-0.2, -0.15) is 0 Å². The fourth-order valence-electron chi connectivity index (χ4n) is 2.16. The highest BCUT2D eigenvalue weighted by Gasteiger charge is 2.16. The molecule has 0 aliphatic carbocycles. The van der Waals surface area contributed by atoms with Gasteiger partial charge in [0, 0.05) is 18.7 Å². The van der Waals surface area contributed by atoms with Crippen LogP contribution in [0.1, 0.15) is 12.0 Å². The lowest BCUT2D eigenvalue weighted by molar-refractivity contribution is 0.352. The molecule has 0 atom stereocenters. The van der Waals surface area contributed by atoms with Crippen LogP contribution in [0.15, 0.2) is 24.3 Å². The second-order valence-electron chi connectivity index (χ2n) is 4.28. The summed E-state index contributed by atoms with van der Waals surface area (Å²) in [6.45, 7) is 2.09. The number of methoxy groups -OCH3 is 2. The molecule has 1 aromatic carbocycles. The summed E-state index contributed by atoms with van der Waals surface area (Å²) in [5.74, 6) is 1.63. The van der Waals surface area contributed by atoms with Gasteiger partial charge in [-0.1, -0.05) is 18.2 Å². The highest BCUT2D eigenvalue weighted by atomic mass is 16.5. The highest BCUT2D eigenvalue weighted by Crippen LogP contribution is 2.36. The molecule has 0 fully saturated rings. The number of para-hydroxylation sites is 1. The zero-order valence-corrected chi connectivity index (χ0v) is 10.7. The van der Waals surface area contributed by atoms with Crippen LogP contribution in [-0.4, -0.2) is 39.3 Å². The Morgan fingerprint density at radius 2 is 2.00 bits per heavy atom. The van der Waals surface area contributed by atoms with Crippen LogP contribution in [0.5, 0.6) is 11.5 Å². The van der Waals surface area contributed by atoms with Crippen molar-refractivity contribution in [2.75, 3.05) is 34.4 Å². The van der Waals surface area contributed by atoms with Crippen molar-refractivity contribution >= 4 is 5.57 Å². The van der Waals surface area contributed by atoms with Gasteiger partial charge in [0.05, 0.1) is 14.2 Å². The second kappa shape index (κ2) is 5.23. The average Bonchev–Trinajstić information content (AvgIpc) is 2.38. The second-order valence-corrected chi connectivity index (χ2v) is 4.28. The lowest BCUT2D eigenvalue weighted by Gasteiger charge is -2.23. The molecule has 0 amide bonds. The Balaban J connectivity index is 2.38. The molecule has 1 aromatic rings. The molecule has 3 nitrogen and oxygen atoms in total. The van der Waals surface area contributed by atoms with Crippen LogP contribution in [0.3, 0.4) is 0 Å². The molecule has 0 N–H and O–H groups in total. The van der Waals surface area contributed by atoms with Crippen LogP contribution >= 0.6 is 0 Å². The monoisotopic (exact) mass is 233 g/mol. The molecular weight excluding hydrogens is 214 g/mol. The van der Waals surface area contributed by atoms with Gasteiger partial charge in [-0.3, -0.25) is 0 Å². The smallest absolute Gasteiger partial charge is 0.168 e. The molecule has 0 unspecified atom stereocenters. The zero-order valence-electron chi connectivity index (χ0n) is 10.7. The Morgan fingerprint density at radius 3 is 2.59 bits per heavy atom. The van der Waals surface area contributed by atoms with Crippen molar-refractivity contribution in [1.82, 2.24) is 4.90 Å². The number of ether oxygens (including phenoxy) is 2. The quantitative estimate of drug-likeness (QED) is 0.800. The summed E-state index contributed by atoms with van der Waals surface area (Å²) in [7, 11) is 5.50. The molecule has 0 aromatic heterocycles. The molecule has 0 saturated heterocycles. The number of benzene rings is 1. The van der Waals surface area contributed by atoms with E-state index in [1.165, 1.54) is 5.57 Å². The summed E-state index contributed by atoms with van der Waals surface area (Å²) in [6.07, 6.45) is 3.32. The van der Waals surface area contributed by atoms with Crippen LogP contribution < -0.4 is 9.47 Å². The summed E-state index contributed by atoms with van der Waals surface area (Å²) >= 11 is 0. The molecule has 1 aliphatic rings. The molecule has 2 rings (SSSR count). The van der Waals surface area contributed by atoms with E-state index in [1.807, 2.05) is 12.1 Å². The van der Waals surface area contributed by atoms with Crippen LogP contribution in [0.2, 0.25) is 0 Å². The van der Waals surface area contributed by atoms with Crippen LogP contribution in [0.4, 0.5) is 0 Å². The molecule has 0 radical (unpaired) electrons. The summed E-state index contributed by atoms with van der Waals surface area (Å²) in [6, 6.07) is 6.03. The van der Waals surface area contributed by atoms with E-state index in [2.05, 4.69) is 24.1 Å². The number of hydrogen-bond acceptors (Lipinski definition) is 3. The Hall–Kier alpha value is -1.48. The molecule has 1 aliphatic heterocycles. The lowest BCUT2D eigenvalue weighted by atomic mass is 9.98. The van der Waals surface area contributed by atoms with Crippen molar-refractivity contribution in [1.29, 1.82) is 0 Å². The van der Waals surface area contributed by atoms with Gasteiger partial charge >= 0.3 is 0 Å². The van der Waals surface area contributed by atoms with Crippen molar-refractivity contribution in [3.05, 3.63) is 29.8 Å². The summed E-state index contributed by atoms with van der Waals surface area (Å²) in [4.78, 5) is 2.30. The van der Waals surface area contributed by atoms with Gasteiger partial charge in [-0.05, 0) is 25.1 Å².